The molecule has 1 atom stereocenters. The number of hydrogen-bond acceptors (Lipinski definition) is 1. The minimum absolute atomic E-state index is 0.000787. The largest absolute Gasteiger partial charge is 0.388 e. The third-order valence-corrected chi connectivity index (χ3v) is 3.46. The summed E-state index contributed by atoms with van der Waals surface area (Å²) in [5.41, 5.74) is 5.08. The first-order valence-electron chi connectivity index (χ1n) is 5.20. The quantitative estimate of drug-likeness (QED) is 0.667. The third-order valence-electron chi connectivity index (χ3n) is 3.46. The van der Waals surface area contributed by atoms with Crippen LogP contribution in [0.1, 0.15) is 42.2 Å². The number of fused-ring (bicyclic) bond motifs is 1. The van der Waals surface area contributed by atoms with E-state index < -0.39 is 0 Å². The van der Waals surface area contributed by atoms with Gasteiger partial charge in [0.1, 0.15) is 0 Å². The number of hydrogen-bond donors (Lipinski definition) is 1. The predicted octanol–water partition coefficient (Wildman–Crippen LogP) is 2.92. The van der Waals surface area contributed by atoms with E-state index in [0.29, 0.717) is 0 Å². The molecule has 0 radical (unpaired) electrons. The Morgan fingerprint density at radius 1 is 1.21 bits per heavy atom. The lowest BCUT2D eigenvalue weighted by Crippen LogP contribution is -2.17. The van der Waals surface area contributed by atoms with Gasteiger partial charge in [-0.25, -0.2) is 0 Å². The maximum Gasteiger partial charge on any atom is 0.0849 e. The molecule has 1 aromatic carbocycles. The summed E-state index contributed by atoms with van der Waals surface area (Å²) in [6.07, 6.45) is 0.703. The van der Waals surface area contributed by atoms with E-state index in [-0.39, 0.29) is 11.5 Å². The highest BCUT2D eigenvalue weighted by Gasteiger charge is 2.39. The van der Waals surface area contributed by atoms with Crippen LogP contribution in [-0.2, 0) is 6.42 Å². The SMILES string of the molecule is Cc1ccc(C)c2c1CC(C)(C)C2O. The molecule has 0 saturated heterocycles. The zero-order chi connectivity index (χ0) is 10.5. The molecule has 0 amide bonds. The normalized spacial score (nSPS) is 23.6. The van der Waals surface area contributed by atoms with Crippen molar-refractivity contribution in [2.45, 2.75) is 40.2 Å². The summed E-state index contributed by atoms with van der Waals surface area (Å²) in [5.74, 6) is 0. The Morgan fingerprint density at radius 3 is 2.36 bits per heavy atom. The van der Waals surface area contributed by atoms with Crippen LogP contribution in [0.4, 0.5) is 0 Å². The molecular weight excluding hydrogens is 172 g/mol. The summed E-state index contributed by atoms with van der Waals surface area (Å²) in [6, 6.07) is 4.26. The van der Waals surface area contributed by atoms with Gasteiger partial charge in [-0.2, -0.15) is 0 Å². The molecule has 14 heavy (non-hydrogen) atoms. The fourth-order valence-electron chi connectivity index (χ4n) is 2.45. The Kier molecular flexibility index (Phi) is 1.97. The highest BCUT2D eigenvalue weighted by molar-refractivity contribution is 5.46. The van der Waals surface area contributed by atoms with E-state index in [4.69, 9.17) is 0 Å². The lowest BCUT2D eigenvalue weighted by molar-refractivity contribution is 0.0661. The van der Waals surface area contributed by atoms with E-state index in [1.165, 1.54) is 22.3 Å². The van der Waals surface area contributed by atoms with Gasteiger partial charge in [0.2, 0.25) is 0 Å². The van der Waals surface area contributed by atoms with Crippen molar-refractivity contribution in [1.82, 2.24) is 0 Å². The number of rotatable bonds is 0. The molecule has 0 aromatic heterocycles. The Balaban J connectivity index is 2.64. The van der Waals surface area contributed by atoms with Crippen LogP contribution in [0.2, 0.25) is 0 Å². The summed E-state index contributed by atoms with van der Waals surface area (Å²) in [7, 11) is 0. The average molecular weight is 190 g/mol. The fraction of sp³-hybridized carbons (Fsp3) is 0.538. The van der Waals surface area contributed by atoms with Crippen LogP contribution in [0.25, 0.3) is 0 Å². The number of aryl methyl sites for hydroxylation is 2. The van der Waals surface area contributed by atoms with Gasteiger partial charge in [0.25, 0.3) is 0 Å². The topological polar surface area (TPSA) is 20.2 Å². The monoisotopic (exact) mass is 190 g/mol. The van der Waals surface area contributed by atoms with Gasteiger partial charge < -0.3 is 5.11 Å². The van der Waals surface area contributed by atoms with Crippen molar-refractivity contribution in [3.63, 3.8) is 0 Å². The van der Waals surface area contributed by atoms with E-state index in [9.17, 15) is 5.11 Å². The maximum absolute atomic E-state index is 10.2. The van der Waals surface area contributed by atoms with Crippen molar-refractivity contribution in [3.05, 3.63) is 34.4 Å². The number of aliphatic hydroxyl groups excluding tert-OH is 1. The molecule has 0 aliphatic heterocycles. The first-order valence-corrected chi connectivity index (χ1v) is 5.20. The van der Waals surface area contributed by atoms with Crippen molar-refractivity contribution in [3.8, 4) is 0 Å². The smallest absolute Gasteiger partial charge is 0.0849 e. The van der Waals surface area contributed by atoms with Crippen LogP contribution in [0.5, 0.6) is 0 Å². The number of aliphatic hydroxyl groups is 1. The Labute approximate surface area is 85.8 Å². The standard InChI is InChI=1S/C13H18O/c1-8-5-6-9(2)11-10(8)7-13(3,4)12(11)14/h5-6,12,14H,7H2,1-4H3. The van der Waals surface area contributed by atoms with Crippen LogP contribution in [-0.4, -0.2) is 5.11 Å². The minimum Gasteiger partial charge on any atom is -0.388 e. The van der Waals surface area contributed by atoms with Gasteiger partial charge in [0.15, 0.2) is 0 Å². The van der Waals surface area contributed by atoms with E-state index in [0.717, 1.165) is 6.42 Å². The minimum atomic E-state index is -0.294. The van der Waals surface area contributed by atoms with Gasteiger partial charge in [-0.3, -0.25) is 0 Å². The van der Waals surface area contributed by atoms with Crippen molar-refractivity contribution < 1.29 is 5.11 Å². The highest BCUT2D eigenvalue weighted by atomic mass is 16.3. The van der Waals surface area contributed by atoms with Gasteiger partial charge in [-0.05, 0) is 47.9 Å². The average Bonchev–Trinajstić information content (AvgIpc) is 2.33. The lowest BCUT2D eigenvalue weighted by atomic mass is 9.87. The van der Waals surface area contributed by atoms with Crippen molar-refractivity contribution >= 4 is 0 Å². The molecule has 1 unspecified atom stereocenters. The summed E-state index contributed by atoms with van der Waals surface area (Å²) in [4.78, 5) is 0. The summed E-state index contributed by atoms with van der Waals surface area (Å²) >= 11 is 0. The molecule has 1 aromatic rings. The van der Waals surface area contributed by atoms with Crippen molar-refractivity contribution in [1.29, 1.82) is 0 Å². The second-order valence-corrected chi connectivity index (χ2v) is 5.16. The van der Waals surface area contributed by atoms with E-state index in [1.54, 1.807) is 0 Å². The molecule has 1 N–H and O–H groups in total. The van der Waals surface area contributed by atoms with Crippen LogP contribution < -0.4 is 0 Å². The molecule has 0 saturated carbocycles. The van der Waals surface area contributed by atoms with Crippen molar-refractivity contribution in [2.75, 3.05) is 0 Å². The van der Waals surface area contributed by atoms with Gasteiger partial charge in [-0.15, -0.1) is 0 Å². The fourth-order valence-corrected chi connectivity index (χ4v) is 2.45. The second kappa shape index (κ2) is 2.83. The van der Waals surface area contributed by atoms with Crippen molar-refractivity contribution in [2.24, 2.45) is 5.41 Å². The first kappa shape index (κ1) is 9.72. The predicted molar refractivity (Wildman–Crippen MR) is 58.4 cm³/mol. The third kappa shape index (κ3) is 1.19. The first-order chi connectivity index (χ1) is 6.43. The van der Waals surface area contributed by atoms with E-state index >= 15 is 0 Å². The molecule has 0 fully saturated rings. The van der Waals surface area contributed by atoms with Crippen LogP contribution in [0.3, 0.4) is 0 Å². The van der Waals surface area contributed by atoms with Gasteiger partial charge in [0, 0.05) is 0 Å². The van der Waals surface area contributed by atoms with Crippen LogP contribution in [0.15, 0.2) is 12.1 Å². The zero-order valence-electron chi connectivity index (χ0n) is 9.39. The number of benzene rings is 1. The van der Waals surface area contributed by atoms with Gasteiger partial charge in [0.05, 0.1) is 6.10 Å². The molecule has 0 bridgehead atoms. The highest BCUT2D eigenvalue weighted by Crippen LogP contribution is 2.47. The molecule has 0 spiro atoms. The van der Waals surface area contributed by atoms with Crippen LogP contribution >= 0.6 is 0 Å². The lowest BCUT2D eigenvalue weighted by Gasteiger charge is -2.22. The molecule has 1 aliphatic rings. The zero-order valence-corrected chi connectivity index (χ0v) is 9.39. The Bertz CT molecular complexity index is 377. The molecule has 1 aliphatic carbocycles. The summed E-state index contributed by atoms with van der Waals surface area (Å²) in [5, 5.41) is 10.2. The molecule has 76 valence electrons. The van der Waals surface area contributed by atoms with E-state index in [2.05, 4.69) is 39.8 Å². The van der Waals surface area contributed by atoms with Crippen LogP contribution in [0, 0.1) is 19.3 Å². The maximum atomic E-state index is 10.2. The van der Waals surface area contributed by atoms with E-state index in [1.807, 2.05) is 0 Å². The summed E-state index contributed by atoms with van der Waals surface area (Å²) < 4.78 is 0. The molecule has 0 heterocycles. The Hall–Kier alpha value is -0.820. The summed E-state index contributed by atoms with van der Waals surface area (Å²) in [6.45, 7) is 8.49. The Morgan fingerprint density at radius 2 is 1.79 bits per heavy atom. The second-order valence-electron chi connectivity index (χ2n) is 5.16. The molecule has 2 rings (SSSR count). The van der Waals surface area contributed by atoms with Gasteiger partial charge in [-0.1, -0.05) is 26.0 Å². The molecule has 1 nitrogen and oxygen atoms in total. The molecular formula is C13H18O. The van der Waals surface area contributed by atoms with Gasteiger partial charge >= 0.3 is 0 Å². The molecule has 1 heteroatoms.